The van der Waals surface area contributed by atoms with Gasteiger partial charge in [0.05, 0.1) is 12.1 Å². The topological polar surface area (TPSA) is 60.8 Å². The molecule has 1 aliphatic heterocycles. The van der Waals surface area contributed by atoms with Gasteiger partial charge < -0.3 is 15.1 Å². The van der Waals surface area contributed by atoms with E-state index < -0.39 is 12.2 Å². The maximum atomic E-state index is 11.1. The highest BCUT2D eigenvalue weighted by atomic mass is 16.3. The summed E-state index contributed by atoms with van der Waals surface area (Å²) >= 11 is 0. The predicted octanol–water partition coefficient (Wildman–Crippen LogP) is -0.651. The predicted molar refractivity (Wildman–Crippen MR) is 45.9 cm³/mol. The molecule has 2 N–H and O–H groups in total. The van der Waals surface area contributed by atoms with Gasteiger partial charge in [0.2, 0.25) is 5.91 Å². The molecular weight excluding hydrogens is 170 g/mol. The molecule has 0 spiro atoms. The van der Waals surface area contributed by atoms with Crippen LogP contribution in [-0.2, 0) is 4.79 Å². The van der Waals surface area contributed by atoms with E-state index in [0.717, 1.165) is 13.0 Å². The molecule has 1 aliphatic carbocycles. The van der Waals surface area contributed by atoms with Crippen molar-refractivity contribution in [1.82, 2.24) is 4.90 Å². The smallest absolute Gasteiger partial charge is 0.219 e. The number of nitrogens with zero attached hydrogens (tertiary/aromatic N) is 1. The molecule has 13 heavy (non-hydrogen) atoms. The van der Waals surface area contributed by atoms with Crippen molar-refractivity contribution in [2.24, 2.45) is 5.92 Å². The summed E-state index contributed by atoms with van der Waals surface area (Å²) in [6.45, 7) is 2.26. The molecule has 74 valence electrons. The first-order valence-corrected chi connectivity index (χ1v) is 4.74. The SMILES string of the molecule is CC(=O)N1C[C@H]2CC[C@H](O)[C@H](O)[C@H]21. The summed E-state index contributed by atoms with van der Waals surface area (Å²) in [5.74, 6) is 0.400. The van der Waals surface area contributed by atoms with Gasteiger partial charge in [-0.05, 0) is 18.8 Å². The molecule has 4 nitrogen and oxygen atoms in total. The Balaban J connectivity index is 2.07. The minimum Gasteiger partial charge on any atom is -0.390 e. The zero-order chi connectivity index (χ0) is 9.59. The van der Waals surface area contributed by atoms with E-state index in [0.29, 0.717) is 12.3 Å². The Kier molecular flexibility index (Phi) is 2.04. The number of rotatable bonds is 0. The van der Waals surface area contributed by atoms with Gasteiger partial charge >= 0.3 is 0 Å². The van der Waals surface area contributed by atoms with E-state index in [1.54, 1.807) is 4.90 Å². The van der Waals surface area contributed by atoms with E-state index in [9.17, 15) is 15.0 Å². The van der Waals surface area contributed by atoms with Crippen LogP contribution in [0.15, 0.2) is 0 Å². The molecule has 4 atom stereocenters. The minimum atomic E-state index is -0.739. The molecule has 0 aromatic rings. The zero-order valence-corrected chi connectivity index (χ0v) is 7.68. The van der Waals surface area contributed by atoms with Gasteiger partial charge in [-0.1, -0.05) is 0 Å². The van der Waals surface area contributed by atoms with Gasteiger partial charge in [0.25, 0.3) is 0 Å². The fraction of sp³-hybridized carbons (Fsp3) is 0.889. The molecule has 0 bridgehead atoms. The maximum absolute atomic E-state index is 11.1. The highest BCUT2D eigenvalue weighted by molar-refractivity contribution is 5.74. The zero-order valence-electron chi connectivity index (χ0n) is 7.68. The molecule has 4 heteroatoms. The van der Waals surface area contributed by atoms with Gasteiger partial charge in [-0.15, -0.1) is 0 Å². The molecule has 2 aliphatic rings. The monoisotopic (exact) mass is 185 g/mol. The fourth-order valence-electron chi connectivity index (χ4n) is 2.45. The lowest BCUT2D eigenvalue weighted by atomic mass is 9.74. The molecule has 2 rings (SSSR count). The maximum Gasteiger partial charge on any atom is 0.219 e. The molecule has 1 amide bonds. The van der Waals surface area contributed by atoms with Crippen molar-refractivity contribution in [1.29, 1.82) is 0 Å². The number of hydrogen-bond donors (Lipinski definition) is 2. The van der Waals surface area contributed by atoms with Gasteiger partial charge in [0.1, 0.15) is 6.10 Å². The van der Waals surface area contributed by atoms with E-state index in [2.05, 4.69) is 0 Å². The number of hydrogen-bond acceptors (Lipinski definition) is 3. The van der Waals surface area contributed by atoms with E-state index in [-0.39, 0.29) is 11.9 Å². The first kappa shape index (κ1) is 8.97. The van der Waals surface area contributed by atoms with Crippen molar-refractivity contribution < 1.29 is 15.0 Å². The normalized spacial score (nSPS) is 43.8. The van der Waals surface area contributed by atoms with Gasteiger partial charge in [-0.2, -0.15) is 0 Å². The van der Waals surface area contributed by atoms with Crippen LogP contribution in [0.4, 0.5) is 0 Å². The molecule has 1 saturated heterocycles. The summed E-state index contributed by atoms with van der Waals surface area (Å²) in [4.78, 5) is 12.7. The van der Waals surface area contributed by atoms with Crippen LogP contribution in [0.5, 0.6) is 0 Å². The number of fused-ring (bicyclic) bond motifs is 1. The Hall–Kier alpha value is -0.610. The minimum absolute atomic E-state index is 0.00519. The van der Waals surface area contributed by atoms with E-state index >= 15 is 0 Å². The molecular formula is C9H15NO3. The number of amides is 1. The lowest BCUT2D eigenvalue weighted by Crippen LogP contribution is -2.67. The summed E-state index contributed by atoms with van der Waals surface area (Å²) in [5, 5.41) is 19.1. The van der Waals surface area contributed by atoms with Gasteiger partial charge in [-0.25, -0.2) is 0 Å². The Morgan fingerprint density at radius 3 is 2.69 bits per heavy atom. The summed E-state index contributed by atoms with van der Waals surface area (Å²) in [6.07, 6.45) is 0.195. The number of likely N-dealkylation sites (tertiary alicyclic amines) is 1. The number of carbonyl (C=O) groups is 1. The average Bonchev–Trinajstić information content (AvgIpc) is 1.98. The highest BCUT2D eigenvalue weighted by Gasteiger charge is 2.49. The van der Waals surface area contributed by atoms with Crippen molar-refractivity contribution in [3.8, 4) is 0 Å². The van der Waals surface area contributed by atoms with Crippen LogP contribution >= 0.6 is 0 Å². The Labute approximate surface area is 77.2 Å². The van der Waals surface area contributed by atoms with E-state index in [1.807, 2.05) is 0 Å². The molecule has 1 saturated carbocycles. The summed E-state index contributed by atoms with van der Waals surface area (Å²) in [6, 6.07) is -0.124. The van der Waals surface area contributed by atoms with E-state index in [4.69, 9.17) is 0 Å². The summed E-state index contributed by atoms with van der Waals surface area (Å²) < 4.78 is 0. The fourth-order valence-corrected chi connectivity index (χ4v) is 2.45. The van der Waals surface area contributed by atoms with Crippen LogP contribution in [0.1, 0.15) is 19.8 Å². The van der Waals surface area contributed by atoms with Crippen LogP contribution in [0, 0.1) is 5.92 Å². The van der Waals surface area contributed by atoms with Crippen LogP contribution in [-0.4, -0.2) is 45.8 Å². The van der Waals surface area contributed by atoms with Crippen molar-refractivity contribution in [2.75, 3.05) is 6.54 Å². The van der Waals surface area contributed by atoms with Crippen LogP contribution < -0.4 is 0 Å². The number of carbonyl (C=O) groups excluding carboxylic acids is 1. The van der Waals surface area contributed by atoms with Gasteiger partial charge in [0, 0.05) is 13.5 Å². The lowest BCUT2D eigenvalue weighted by Gasteiger charge is -2.53. The molecule has 0 aromatic carbocycles. The standard InChI is InChI=1S/C9H15NO3/c1-5(11)10-4-6-2-3-7(12)9(13)8(6)10/h6-9,12-13H,2-4H2,1H3/t6-,7+,8+,9+/m1/s1. The van der Waals surface area contributed by atoms with Crippen LogP contribution in [0.25, 0.3) is 0 Å². The highest BCUT2D eigenvalue weighted by Crippen LogP contribution is 2.37. The quantitative estimate of drug-likeness (QED) is 0.527. The largest absolute Gasteiger partial charge is 0.390 e. The summed E-state index contributed by atoms with van der Waals surface area (Å²) in [7, 11) is 0. The molecule has 2 fully saturated rings. The third kappa shape index (κ3) is 1.25. The van der Waals surface area contributed by atoms with Crippen LogP contribution in [0.2, 0.25) is 0 Å². The second-order valence-corrected chi connectivity index (χ2v) is 4.06. The molecule has 1 heterocycles. The first-order valence-electron chi connectivity index (χ1n) is 4.74. The Morgan fingerprint density at radius 1 is 1.38 bits per heavy atom. The van der Waals surface area contributed by atoms with Crippen molar-refractivity contribution in [3.05, 3.63) is 0 Å². The van der Waals surface area contributed by atoms with Gasteiger partial charge in [-0.3, -0.25) is 4.79 Å². The van der Waals surface area contributed by atoms with Crippen LogP contribution in [0.3, 0.4) is 0 Å². The average molecular weight is 185 g/mol. The van der Waals surface area contributed by atoms with Crippen molar-refractivity contribution in [2.45, 2.75) is 38.0 Å². The van der Waals surface area contributed by atoms with Crippen molar-refractivity contribution in [3.63, 3.8) is 0 Å². The third-order valence-corrected chi connectivity index (χ3v) is 3.26. The Bertz CT molecular complexity index is 231. The Morgan fingerprint density at radius 2 is 2.08 bits per heavy atom. The van der Waals surface area contributed by atoms with Crippen molar-refractivity contribution >= 4 is 5.91 Å². The number of aliphatic hydroxyl groups excluding tert-OH is 2. The molecule has 0 aromatic heterocycles. The van der Waals surface area contributed by atoms with E-state index in [1.165, 1.54) is 6.92 Å². The molecule has 0 unspecified atom stereocenters. The second-order valence-electron chi connectivity index (χ2n) is 4.06. The van der Waals surface area contributed by atoms with Gasteiger partial charge in [0.15, 0.2) is 0 Å². The molecule has 0 radical (unpaired) electrons. The number of aliphatic hydroxyl groups is 2. The first-order chi connectivity index (χ1) is 6.11. The lowest BCUT2D eigenvalue weighted by molar-refractivity contribution is -0.166. The second kappa shape index (κ2) is 2.96. The third-order valence-electron chi connectivity index (χ3n) is 3.26. The summed E-state index contributed by atoms with van der Waals surface area (Å²) in [5.41, 5.74) is 0.